The lowest BCUT2D eigenvalue weighted by Gasteiger charge is -2.30. The average Bonchev–Trinajstić information content (AvgIpc) is 3.26. The molecule has 0 radical (unpaired) electrons. The number of aryl methyl sites for hydroxylation is 2. The van der Waals surface area contributed by atoms with E-state index in [9.17, 15) is 19.1 Å². The van der Waals surface area contributed by atoms with E-state index in [1.807, 2.05) is 29.2 Å². The molecule has 9 heteroatoms. The lowest BCUT2D eigenvalue weighted by Crippen LogP contribution is -2.45. The summed E-state index contributed by atoms with van der Waals surface area (Å²) in [5, 5.41) is 9.71. The summed E-state index contributed by atoms with van der Waals surface area (Å²) in [5.41, 5.74) is 2.30. The van der Waals surface area contributed by atoms with Crippen LogP contribution in [0.1, 0.15) is 46.4 Å². The van der Waals surface area contributed by atoms with E-state index >= 15 is 0 Å². The van der Waals surface area contributed by atoms with Crippen molar-refractivity contribution in [2.24, 2.45) is 5.92 Å². The van der Waals surface area contributed by atoms with E-state index in [1.165, 1.54) is 18.3 Å². The molecule has 1 amide bonds. The molecular weight excluding hydrogens is 499 g/mol. The monoisotopic (exact) mass is 532 g/mol. The smallest absolute Gasteiger partial charge is 0.339 e. The second-order valence-electron chi connectivity index (χ2n) is 10.3. The van der Waals surface area contributed by atoms with Crippen LogP contribution in [0.5, 0.6) is 5.75 Å². The summed E-state index contributed by atoms with van der Waals surface area (Å²) in [6.07, 6.45) is 5.63. The van der Waals surface area contributed by atoms with Crippen molar-refractivity contribution < 1.29 is 23.8 Å². The highest BCUT2D eigenvalue weighted by atomic mass is 19.1. The van der Waals surface area contributed by atoms with E-state index < -0.39 is 5.97 Å². The second kappa shape index (κ2) is 11.8. The predicted molar refractivity (Wildman–Crippen MR) is 145 cm³/mol. The number of fused-ring (bicyclic) bond motifs is 1. The van der Waals surface area contributed by atoms with Gasteiger partial charge in [-0.3, -0.25) is 4.79 Å². The van der Waals surface area contributed by atoms with Crippen LogP contribution in [0.15, 0.2) is 54.7 Å². The third kappa shape index (κ3) is 6.02. The quantitative estimate of drug-likeness (QED) is 0.465. The number of ether oxygens (including phenoxy) is 1. The van der Waals surface area contributed by atoms with E-state index in [0.717, 1.165) is 30.4 Å². The molecule has 2 saturated heterocycles. The molecule has 2 aliphatic rings. The summed E-state index contributed by atoms with van der Waals surface area (Å²) in [6.45, 7) is 2.03. The molecule has 3 aromatic rings. The molecule has 0 spiro atoms. The molecule has 0 saturated carbocycles. The number of amides is 1. The van der Waals surface area contributed by atoms with Gasteiger partial charge in [-0.1, -0.05) is 36.8 Å². The van der Waals surface area contributed by atoms with Crippen molar-refractivity contribution in [1.29, 1.82) is 0 Å². The third-order valence-corrected chi connectivity index (χ3v) is 7.82. The Morgan fingerprint density at radius 1 is 1.08 bits per heavy atom. The Labute approximate surface area is 227 Å². The first kappa shape index (κ1) is 26.6. The number of hydrogen-bond donors (Lipinski definition) is 1. The summed E-state index contributed by atoms with van der Waals surface area (Å²) in [6, 6.07) is 13.8. The number of benzene rings is 2. The number of hydrogen-bond acceptors (Lipinski definition) is 6. The Balaban J connectivity index is 1.34. The summed E-state index contributed by atoms with van der Waals surface area (Å²) >= 11 is 0. The van der Waals surface area contributed by atoms with Gasteiger partial charge in [0.15, 0.2) is 0 Å². The number of anilines is 1. The average molecular weight is 533 g/mol. The minimum atomic E-state index is -1.07. The molecular formula is C30H33FN4O4. The van der Waals surface area contributed by atoms with Crippen molar-refractivity contribution >= 4 is 17.8 Å². The van der Waals surface area contributed by atoms with Crippen molar-refractivity contribution in [2.75, 3.05) is 31.6 Å². The summed E-state index contributed by atoms with van der Waals surface area (Å²) in [7, 11) is 1.61. The zero-order chi connectivity index (χ0) is 27.4. The minimum absolute atomic E-state index is 0.0418. The maximum atomic E-state index is 13.5. The lowest BCUT2D eigenvalue weighted by molar-refractivity contribution is -0.132. The lowest BCUT2D eigenvalue weighted by atomic mass is 9.98. The molecule has 8 nitrogen and oxygen atoms in total. The van der Waals surface area contributed by atoms with Crippen LogP contribution in [0, 0.1) is 11.7 Å². The van der Waals surface area contributed by atoms with Crippen LogP contribution in [0.3, 0.4) is 0 Å². The molecule has 0 bridgehead atoms. The van der Waals surface area contributed by atoms with Gasteiger partial charge in [0.1, 0.15) is 11.6 Å². The standard InChI is InChI=1S/C30H33FN4O4/c1-39-27-8-3-2-6-21(27)16-28(36)35-15-5-4-7-22-18-34(19-26(22)35)30-32-17-24(29(37)38)25(33-30)14-11-20-9-12-23(31)13-10-20/h2-3,6,8-10,12-13,17,22,26H,4-5,7,11,14-16,18-19H2,1H3,(H,37,38)/t22-,26+/m0/s1. The van der Waals surface area contributed by atoms with Gasteiger partial charge in [-0.25, -0.2) is 19.2 Å². The molecule has 2 fully saturated rings. The van der Waals surface area contributed by atoms with Crippen LogP contribution < -0.4 is 9.64 Å². The fourth-order valence-electron chi connectivity index (χ4n) is 5.77. The van der Waals surface area contributed by atoms with Crippen LogP contribution in [0.4, 0.5) is 10.3 Å². The largest absolute Gasteiger partial charge is 0.496 e. The molecule has 2 aliphatic heterocycles. The Kier molecular flexibility index (Phi) is 8.05. The maximum absolute atomic E-state index is 13.5. The summed E-state index contributed by atoms with van der Waals surface area (Å²) in [4.78, 5) is 38.6. The van der Waals surface area contributed by atoms with Crippen LogP contribution >= 0.6 is 0 Å². The topological polar surface area (TPSA) is 95.9 Å². The molecule has 39 heavy (non-hydrogen) atoms. The van der Waals surface area contributed by atoms with E-state index in [0.29, 0.717) is 55.8 Å². The molecule has 2 aromatic carbocycles. The van der Waals surface area contributed by atoms with Crippen LogP contribution in [-0.4, -0.2) is 64.6 Å². The fourth-order valence-corrected chi connectivity index (χ4v) is 5.77. The van der Waals surface area contributed by atoms with Crippen molar-refractivity contribution in [2.45, 2.75) is 44.6 Å². The Morgan fingerprint density at radius 3 is 2.64 bits per heavy atom. The van der Waals surface area contributed by atoms with Crippen LogP contribution in [0.2, 0.25) is 0 Å². The minimum Gasteiger partial charge on any atom is -0.496 e. The SMILES string of the molecule is COc1ccccc1CC(=O)N1CCCC[C@H]2CN(c3ncc(C(=O)O)c(CCc4ccc(F)cc4)n3)C[C@H]21. The van der Waals surface area contributed by atoms with Gasteiger partial charge in [0.25, 0.3) is 0 Å². The molecule has 1 aromatic heterocycles. The number of para-hydroxylation sites is 1. The maximum Gasteiger partial charge on any atom is 0.339 e. The normalized spacial score (nSPS) is 18.9. The van der Waals surface area contributed by atoms with E-state index in [-0.39, 0.29) is 29.8 Å². The van der Waals surface area contributed by atoms with E-state index in [4.69, 9.17) is 9.72 Å². The van der Waals surface area contributed by atoms with E-state index in [2.05, 4.69) is 9.88 Å². The number of aromatic nitrogens is 2. The zero-order valence-electron chi connectivity index (χ0n) is 22.1. The molecule has 3 heterocycles. The van der Waals surface area contributed by atoms with Gasteiger partial charge >= 0.3 is 5.97 Å². The molecule has 0 aliphatic carbocycles. The first-order valence-electron chi connectivity index (χ1n) is 13.4. The Hall–Kier alpha value is -4.01. The molecule has 0 unspecified atom stereocenters. The Bertz CT molecular complexity index is 1330. The number of aromatic carboxylic acids is 1. The van der Waals surface area contributed by atoms with Gasteiger partial charge in [-0.05, 0) is 55.4 Å². The number of halogens is 1. The summed E-state index contributed by atoms with van der Waals surface area (Å²) in [5.74, 6) is 0.191. The number of carboxylic acids is 1. The van der Waals surface area contributed by atoms with Crippen molar-refractivity contribution in [3.63, 3.8) is 0 Å². The number of methoxy groups -OCH3 is 1. The number of carbonyl (C=O) groups excluding carboxylic acids is 1. The van der Waals surface area contributed by atoms with Crippen molar-refractivity contribution in [1.82, 2.24) is 14.9 Å². The van der Waals surface area contributed by atoms with Gasteiger partial charge in [-0.15, -0.1) is 0 Å². The number of carboxylic acid groups (broad SMARTS) is 1. The Morgan fingerprint density at radius 2 is 1.87 bits per heavy atom. The number of rotatable bonds is 8. The first-order valence-corrected chi connectivity index (χ1v) is 13.4. The highest BCUT2D eigenvalue weighted by Gasteiger charge is 2.40. The van der Waals surface area contributed by atoms with Gasteiger partial charge in [0, 0.05) is 31.4 Å². The number of carbonyl (C=O) groups is 2. The first-order chi connectivity index (χ1) is 18.9. The fraction of sp³-hybridized carbons (Fsp3) is 0.400. The van der Waals surface area contributed by atoms with Gasteiger partial charge in [0.2, 0.25) is 11.9 Å². The molecule has 1 N–H and O–H groups in total. The number of likely N-dealkylation sites (tertiary alicyclic amines) is 1. The highest BCUT2D eigenvalue weighted by molar-refractivity contribution is 5.88. The molecule has 5 rings (SSSR count). The predicted octanol–water partition coefficient (Wildman–Crippen LogP) is 4.17. The van der Waals surface area contributed by atoms with Crippen LogP contribution in [-0.2, 0) is 24.1 Å². The molecule has 2 atom stereocenters. The summed E-state index contributed by atoms with van der Waals surface area (Å²) < 4.78 is 18.7. The molecule has 204 valence electrons. The highest BCUT2D eigenvalue weighted by Crippen LogP contribution is 2.33. The number of nitrogens with zero attached hydrogens (tertiary/aromatic N) is 4. The second-order valence-corrected chi connectivity index (χ2v) is 10.3. The van der Waals surface area contributed by atoms with Gasteiger partial charge < -0.3 is 19.6 Å². The van der Waals surface area contributed by atoms with Gasteiger partial charge in [0.05, 0.1) is 30.8 Å². The third-order valence-electron chi connectivity index (χ3n) is 7.82. The van der Waals surface area contributed by atoms with Crippen molar-refractivity contribution in [3.8, 4) is 5.75 Å². The van der Waals surface area contributed by atoms with Gasteiger partial charge in [-0.2, -0.15) is 0 Å². The van der Waals surface area contributed by atoms with Crippen molar-refractivity contribution in [3.05, 3.63) is 82.9 Å². The van der Waals surface area contributed by atoms with E-state index in [1.54, 1.807) is 19.2 Å². The zero-order valence-corrected chi connectivity index (χ0v) is 22.1. The van der Waals surface area contributed by atoms with Crippen LogP contribution in [0.25, 0.3) is 0 Å².